The van der Waals surface area contributed by atoms with Crippen LogP contribution in [0, 0.1) is 0 Å². The van der Waals surface area contributed by atoms with Crippen molar-refractivity contribution in [3.8, 4) is 0 Å². The van der Waals surface area contributed by atoms with Crippen molar-refractivity contribution in [3.05, 3.63) is 122 Å². The van der Waals surface area contributed by atoms with Crippen LogP contribution in [-0.4, -0.2) is 82.3 Å². The van der Waals surface area contributed by atoms with Crippen LogP contribution < -0.4 is 5.11 Å². The lowest BCUT2D eigenvalue weighted by molar-refractivity contribution is -0.870. The minimum absolute atomic E-state index is 0.136. The minimum atomic E-state index is -1.64. The largest absolute Gasteiger partial charge is 0.545 e. The quantitative estimate of drug-likeness (QED) is 0.0195. The molecule has 0 amide bonds. The lowest BCUT2D eigenvalue weighted by Gasteiger charge is -2.26. The summed E-state index contributed by atoms with van der Waals surface area (Å²) in [4.78, 5) is 37.3. The number of likely N-dealkylation sites (N-methyl/N-ethyl adjacent to an activating group) is 1. The molecule has 0 aromatic rings. The third kappa shape index (κ3) is 57.2. The number of hydrogen-bond donors (Lipinski definition) is 0. The SMILES string of the molecule is CC/C=C\C/C=C\C/C=C\C/C=C\C/C=C\CCCCCCCCCCCCCCCCCC(=O)OC(COC(=O)CCCCC/C=C\C/C=C\C/C=C\C/C=C\C/C=C\CC)COC(OCC[N+](C)(C)C)C(=O)[O-]. The molecule has 0 spiro atoms. The third-order valence-corrected chi connectivity index (χ3v) is 12.2. The van der Waals surface area contributed by atoms with Crippen LogP contribution in [-0.2, 0) is 33.3 Å². The number of carbonyl (C=O) groups is 3. The molecule has 0 rings (SSSR count). The van der Waals surface area contributed by atoms with E-state index in [0.29, 0.717) is 23.9 Å². The molecule has 0 aliphatic heterocycles. The highest BCUT2D eigenvalue weighted by atomic mass is 16.7. The molecule has 0 fully saturated rings. The van der Waals surface area contributed by atoms with Gasteiger partial charge in [0.1, 0.15) is 13.2 Å². The van der Waals surface area contributed by atoms with E-state index in [-0.39, 0.29) is 32.7 Å². The van der Waals surface area contributed by atoms with Crippen molar-refractivity contribution in [1.29, 1.82) is 0 Å². The van der Waals surface area contributed by atoms with Gasteiger partial charge in [-0.3, -0.25) is 9.59 Å². The maximum absolute atomic E-state index is 12.9. The Labute approximate surface area is 459 Å². The first-order chi connectivity index (χ1) is 36.6. The first kappa shape index (κ1) is 70.7. The third-order valence-electron chi connectivity index (χ3n) is 12.2. The van der Waals surface area contributed by atoms with Gasteiger partial charge in [-0.1, -0.05) is 225 Å². The van der Waals surface area contributed by atoms with Crippen molar-refractivity contribution in [3.63, 3.8) is 0 Å². The molecular weight excluding hydrogens is 935 g/mol. The van der Waals surface area contributed by atoms with E-state index in [1.807, 2.05) is 21.1 Å². The van der Waals surface area contributed by atoms with Crippen LogP contribution in [0.4, 0.5) is 0 Å². The second kappa shape index (κ2) is 55.9. The van der Waals surface area contributed by atoms with Gasteiger partial charge in [0.05, 0.1) is 40.3 Å². The van der Waals surface area contributed by atoms with Crippen LogP contribution in [0.5, 0.6) is 0 Å². The first-order valence-electron chi connectivity index (χ1n) is 29.7. The standard InChI is InChI=1S/C66H109NO8/c1-6-8-10-12-14-16-18-20-22-24-26-27-28-29-30-31-32-33-34-35-36-37-39-41-43-45-47-49-51-53-55-57-64(69)75-62(61-74-66(65(70)71)72-59-58-67(3,4)5)60-73-63(68)56-54-52-50-48-46-44-42-40-38-25-23-21-19-17-15-13-11-9-7-2/h8-11,14-17,20-23,26-27,29-30,38,40,44,46,62,66H,6-7,12-13,18-19,24-25,28,31-37,39,41-43,45,47-61H2,1-5H3/b10-8-,11-9-,16-14-,17-15-,22-20-,23-21-,27-26-,30-29-,40-38-,46-44-. The molecule has 9 heteroatoms. The number of ether oxygens (including phenoxy) is 4. The van der Waals surface area contributed by atoms with E-state index in [0.717, 1.165) is 103 Å². The maximum Gasteiger partial charge on any atom is 0.306 e. The summed E-state index contributed by atoms with van der Waals surface area (Å²) in [5, 5.41) is 11.8. The monoisotopic (exact) mass is 1040 g/mol. The molecule has 75 heavy (non-hydrogen) atoms. The Balaban J connectivity index is 4.24. The van der Waals surface area contributed by atoms with Gasteiger partial charge in [0, 0.05) is 12.8 Å². The molecule has 2 atom stereocenters. The molecule has 0 aliphatic carbocycles. The van der Waals surface area contributed by atoms with Crippen molar-refractivity contribution in [2.24, 2.45) is 0 Å². The van der Waals surface area contributed by atoms with Gasteiger partial charge in [0.25, 0.3) is 0 Å². The maximum atomic E-state index is 12.9. The van der Waals surface area contributed by atoms with Crippen molar-refractivity contribution in [2.45, 2.75) is 232 Å². The van der Waals surface area contributed by atoms with E-state index in [1.165, 1.54) is 77.0 Å². The van der Waals surface area contributed by atoms with Crippen LogP contribution in [0.15, 0.2) is 122 Å². The zero-order chi connectivity index (χ0) is 54.8. The number of carboxylic acid groups (broad SMARTS) is 1. The van der Waals surface area contributed by atoms with Crippen molar-refractivity contribution in [1.82, 2.24) is 0 Å². The molecule has 0 N–H and O–H groups in total. The fraction of sp³-hybridized carbons (Fsp3) is 0.652. The highest BCUT2D eigenvalue weighted by Gasteiger charge is 2.22. The molecule has 0 heterocycles. The summed E-state index contributed by atoms with van der Waals surface area (Å²) in [7, 11) is 5.90. The van der Waals surface area contributed by atoms with Gasteiger partial charge >= 0.3 is 11.9 Å². The molecule has 0 saturated heterocycles. The number of hydrogen-bond acceptors (Lipinski definition) is 8. The van der Waals surface area contributed by atoms with Gasteiger partial charge in [-0.15, -0.1) is 0 Å². The summed E-state index contributed by atoms with van der Waals surface area (Å²) in [6.07, 6.45) is 75.4. The Kier molecular flexibility index (Phi) is 52.7. The Bertz CT molecular complexity index is 1640. The van der Waals surface area contributed by atoms with Crippen LogP contribution in [0.25, 0.3) is 0 Å². The first-order valence-corrected chi connectivity index (χ1v) is 29.7. The van der Waals surface area contributed by atoms with E-state index < -0.39 is 30.3 Å². The van der Waals surface area contributed by atoms with Crippen molar-refractivity contribution in [2.75, 3.05) is 47.5 Å². The summed E-state index contributed by atoms with van der Waals surface area (Å²) in [6.45, 7) is 4.47. The lowest BCUT2D eigenvalue weighted by Crippen LogP contribution is -2.44. The molecule has 426 valence electrons. The lowest BCUT2D eigenvalue weighted by atomic mass is 10.0. The number of quaternary nitrogens is 1. The molecule has 2 unspecified atom stereocenters. The van der Waals surface area contributed by atoms with Gasteiger partial charge in [0.15, 0.2) is 12.4 Å². The predicted molar refractivity (Wildman–Crippen MR) is 315 cm³/mol. The summed E-state index contributed by atoms with van der Waals surface area (Å²) >= 11 is 0. The minimum Gasteiger partial charge on any atom is -0.545 e. The Morgan fingerprint density at radius 2 is 0.720 bits per heavy atom. The number of carbonyl (C=O) groups excluding carboxylic acids is 3. The van der Waals surface area contributed by atoms with Gasteiger partial charge in [-0.25, -0.2) is 0 Å². The van der Waals surface area contributed by atoms with E-state index >= 15 is 0 Å². The predicted octanol–water partition coefficient (Wildman–Crippen LogP) is 16.3. The Morgan fingerprint density at radius 1 is 0.400 bits per heavy atom. The molecule has 0 radical (unpaired) electrons. The summed E-state index contributed by atoms with van der Waals surface area (Å²) in [5.41, 5.74) is 0. The molecular formula is C66H109NO8. The average Bonchev–Trinajstić information content (AvgIpc) is 3.38. The van der Waals surface area contributed by atoms with Gasteiger partial charge < -0.3 is 33.3 Å². The van der Waals surface area contributed by atoms with Gasteiger partial charge in [0.2, 0.25) is 0 Å². The number of unbranched alkanes of at least 4 members (excludes halogenated alkanes) is 18. The molecule has 0 aromatic heterocycles. The van der Waals surface area contributed by atoms with Crippen LogP contribution in [0.2, 0.25) is 0 Å². The summed E-state index contributed by atoms with van der Waals surface area (Å²) < 4.78 is 22.7. The number of nitrogens with zero attached hydrogens (tertiary/aromatic N) is 1. The normalized spacial score (nSPS) is 13.7. The molecule has 0 aromatic carbocycles. The Hall–Kier alpha value is -4.31. The summed E-state index contributed by atoms with van der Waals surface area (Å²) in [5.74, 6) is -2.34. The topological polar surface area (TPSA) is 111 Å². The number of carboxylic acids is 1. The van der Waals surface area contributed by atoms with Crippen molar-refractivity contribution < 1.29 is 42.9 Å². The fourth-order valence-corrected chi connectivity index (χ4v) is 7.71. The van der Waals surface area contributed by atoms with Crippen LogP contribution in [0.1, 0.15) is 219 Å². The van der Waals surface area contributed by atoms with Crippen LogP contribution >= 0.6 is 0 Å². The molecule has 9 nitrogen and oxygen atoms in total. The highest BCUT2D eigenvalue weighted by Crippen LogP contribution is 2.15. The number of aliphatic carboxylic acids is 1. The average molecular weight is 1040 g/mol. The van der Waals surface area contributed by atoms with E-state index in [9.17, 15) is 19.5 Å². The molecule has 0 bridgehead atoms. The molecule has 0 aliphatic rings. The number of allylic oxidation sites excluding steroid dienone is 20. The fourth-order valence-electron chi connectivity index (χ4n) is 7.71. The summed E-state index contributed by atoms with van der Waals surface area (Å²) in [6, 6.07) is 0. The van der Waals surface area contributed by atoms with Gasteiger partial charge in [-0.05, 0) is 103 Å². The number of esters is 2. The van der Waals surface area contributed by atoms with Gasteiger partial charge in [-0.2, -0.15) is 0 Å². The van der Waals surface area contributed by atoms with E-state index in [2.05, 4.69) is 135 Å². The Morgan fingerprint density at radius 3 is 1.08 bits per heavy atom. The van der Waals surface area contributed by atoms with Crippen LogP contribution in [0.3, 0.4) is 0 Å². The zero-order valence-corrected chi connectivity index (χ0v) is 48.4. The second-order valence-corrected chi connectivity index (χ2v) is 20.5. The zero-order valence-electron chi connectivity index (χ0n) is 48.4. The van der Waals surface area contributed by atoms with E-state index in [1.54, 1.807) is 0 Å². The number of rotatable bonds is 53. The highest BCUT2D eigenvalue weighted by molar-refractivity contribution is 5.70. The molecule has 0 saturated carbocycles. The second-order valence-electron chi connectivity index (χ2n) is 20.5. The van der Waals surface area contributed by atoms with E-state index in [4.69, 9.17) is 18.9 Å². The van der Waals surface area contributed by atoms with Crippen molar-refractivity contribution >= 4 is 17.9 Å². The smallest absolute Gasteiger partial charge is 0.306 e.